The van der Waals surface area contributed by atoms with Crippen LogP contribution in [-0.2, 0) is 6.54 Å². The Hall–Kier alpha value is -2.82. The first-order valence-electron chi connectivity index (χ1n) is 11.8. The summed E-state index contributed by atoms with van der Waals surface area (Å²) in [5.41, 5.74) is 5.45. The molecule has 2 N–H and O–H groups in total. The lowest BCUT2D eigenvalue weighted by Crippen LogP contribution is -2.29. The zero-order valence-electron chi connectivity index (χ0n) is 18.8. The minimum absolute atomic E-state index is 0.161. The van der Waals surface area contributed by atoms with E-state index < -0.39 is 12.1 Å². The van der Waals surface area contributed by atoms with Crippen molar-refractivity contribution in [1.29, 1.82) is 0 Å². The number of hydrogen-bond donors (Lipinski definition) is 2. The first-order valence-corrected chi connectivity index (χ1v) is 11.8. The fourth-order valence-corrected chi connectivity index (χ4v) is 5.67. The Kier molecular flexibility index (Phi) is 5.44. The molecule has 2 heterocycles. The van der Waals surface area contributed by atoms with Crippen molar-refractivity contribution in [2.45, 2.75) is 70.6 Å². The number of carboxylic acid groups (broad SMARTS) is 1. The molecule has 5 rings (SSSR count). The molecule has 2 aromatic carbocycles. The van der Waals surface area contributed by atoms with Crippen LogP contribution in [0.5, 0.6) is 0 Å². The highest BCUT2D eigenvalue weighted by atomic mass is 19.1. The number of para-hydroxylation sites is 1. The second kappa shape index (κ2) is 8.27. The minimum Gasteiger partial charge on any atom is -0.478 e. The first-order chi connectivity index (χ1) is 15.5. The van der Waals surface area contributed by atoms with Gasteiger partial charge in [-0.3, -0.25) is 0 Å². The van der Waals surface area contributed by atoms with Gasteiger partial charge in [-0.1, -0.05) is 51.0 Å². The molecule has 3 atom stereocenters. The largest absolute Gasteiger partial charge is 0.478 e. The van der Waals surface area contributed by atoms with Crippen LogP contribution in [0, 0.1) is 5.92 Å². The molecule has 0 bridgehead atoms. The number of hydrogen-bond acceptors (Lipinski definition) is 2. The van der Waals surface area contributed by atoms with Gasteiger partial charge < -0.3 is 15.0 Å². The number of aromatic nitrogens is 1. The number of anilines is 1. The smallest absolute Gasteiger partial charge is 0.335 e. The van der Waals surface area contributed by atoms with E-state index in [9.17, 15) is 9.90 Å². The SMILES string of the molecule is CC(C)C1CCn2c(c(C3CCCC[C@@H]3F)c3ccc(C(=O)O)cc32)-c2ccccc2N1. The lowest BCUT2D eigenvalue weighted by atomic mass is 9.80. The Balaban J connectivity index is 1.82. The summed E-state index contributed by atoms with van der Waals surface area (Å²) in [6.07, 6.45) is 3.44. The topological polar surface area (TPSA) is 54.3 Å². The van der Waals surface area contributed by atoms with Crippen LogP contribution in [0.1, 0.15) is 67.8 Å². The molecule has 32 heavy (non-hydrogen) atoms. The van der Waals surface area contributed by atoms with Gasteiger partial charge in [0, 0.05) is 40.7 Å². The predicted octanol–water partition coefficient (Wildman–Crippen LogP) is 6.84. The highest BCUT2D eigenvalue weighted by molar-refractivity contribution is 5.99. The third kappa shape index (κ3) is 3.48. The van der Waals surface area contributed by atoms with Crippen LogP contribution < -0.4 is 5.32 Å². The zero-order chi connectivity index (χ0) is 22.4. The normalized spacial score (nSPS) is 23.2. The number of halogens is 1. The van der Waals surface area contributed by atoms with Gasteiger partial charge in [0.1, 0.15) is 6.17 Å². The summed E-state index contributed by atoms with van der Waals surface area (Å²) in [7, 11) is 0. The van der Waals surface area contributed by atoms with Crippen LogP contribution in [0.15, 0.2) is 42.5 Å². The number of fused-ring (bicyclic) bond motifs is 5. The molecule has 0 amide bonds. The van der Waals surface area contributed by atoms with E-state index in [2.05, 4.69) is 35.9 Å². The lowest BCUT2D eigenvalue weighted by molar-refractivity contribution is 0.0697. The van der Waals surface area contributed by atoms with Gasteiger partial charge in [-0.2, -0.15) is 0 Å². The van der Waals surface area contributed by atoms with Crippen LogP contribution in [0.25, 0.3) is 22.2 Å². The van der Waals surface area contributed by atoms with E-state index in [4.69, 9.17) is 0 Å². The zero-order valence-corrected chi connectivity index (χ0v) is 18.8. The molecule has 2 unspecified atom stereocenters. The molecule has 0 spiro atoms. The molecule has 1 aliphatic carbocycles. The number of nitrogens with zero attached hydrogens (tertiary/aromatic N) is 1. The van der Waals surface area contributed by atoms with Gasteiger partial charge in [-0.25, -0.2) is 9.18 Å². The van der Waals surface area contributed by atoms with Crippen molar-refractivity contribution in [3.63, 3.8) is 0 Å². The molecule has 1 fully saturated rings. The highest BCUT2D eigenvalue weighted by Crippen LogP contribution is 2.47. The Morgan fingerprint density at radius 1 is 1.12 bits per heavy atom. The van der Waals surface area contributed by atoms with Crippen LogP contribution in [0.4, 0.5) is 10.1 Å². The van der Waals surface area contributed by atoms with Gasteiger partial charge in [-0.05, 0) is 48.9 Å². The summed E-state index contributed by atoms with van der Waals surface area (Å²) >= 11 is 0. The highest BCUT2D eigenvalue weighted by Gasteiger charge is 2.34. The van der Waals surface area contributed by atoms with Crippen molar-refractivity contribution < 1.29 is 14.3 Å². The van der Waals surface area contributed by atoms with E-state index in [1.165, 1.54) is 0 Å². The number of nitrogens with one attached hydrogen (secondary N) is 1. The second-order valence-electron chi connectivity index (χ2n) is 9.69. The Labute approximate surface area is 188 Å². The number of carboxylic acids is 1. The number of aryl methyl sites for hydroxylation is 1. The Morgan fingerprint density at radius 2 is 1.91 bits per heavy atom. The third-order valence-electron chi connectivity index (χ3n) is 7.39. The van der Waals surface area contributed by atoms with E-state index in [1.54, 1.807) is 12.1 Å². The standard InChI is InChI=1S/C27H31FN2O2/c1-16(2)22-13-14-30-24-15-17(27(31)32)11-12-20(24)25(18-7-3-5-9-21(18)28)26(30)19-8-4-6-10-23(19)29-22/h4,6,8,10-12,15-16,18,21-22,29H,3,5,7,9,13-14H2,1-2H3,(H,31,32)/t18?,21-,22?/m0/s1. The quantitative estimate of drug-likeness (QED) is 0.474. The number of alkyl halides is 1. The molecule has 3 aromatic rings. The summed E-state index contributed by atoms with van der Waals surface area (Å²) in [6.45, 7) is 5.21. The Morgan fingerprint density at radius 3 is 2.66 bits per heavy atom. The molecular weight excluding hydrogens is 403 g/mol. The van der Waals surface area contributed by atoms with Gasteiger partial charge in [0.15, 0.2) is 0 Å². The van der Waals surface area contributed by atoms with E-state index in [0.717, 1.165) is 65.6 Å². The maximum Gasteiger partial charge on any atom is 0.335 e. The van der Waals surface area contributed by atoms with Crippen LogP contribution in [-0.4, -0.2) is 27.9 Å². The summed E-state index contributed by atoms with van der Waals surface area (Å²) in [4.78, 5) is 11.8. The predicted molar refractivity (Wildman–Crippen MR) is 127 cm³/mol. The van der Waals surface area contributed by atoms with E-state index in [-0.39, 0.29) is 11.5 Å². The Bertz CT molecular complexity index is 1170. The van der Waals surface area contributed by atoms with Crippen molar-refractivity contribution in [1.82, 2.24) is 4.57 Å². The molecule has 1 saturated carbocycles. The van der Waals surface area contributed by atoms with Gasteiger partial charge in [-0.15, -0.1) is 0 Å². The molecule has 4 nitrogen and oxygen atoms in total. The van der Waals surface area contributed by atoms with Crippen molar-refractivity contribution in [3.05, 3.63) is 53.6 Å². The lowest BCUT2D eigenvalue weighted by Gasteiger charge is -2.31. The first kappa shape index (κ1) is 21.0. The second-order valence-corrected chi connectivity index (χ2v) is 9.69. The van der Waals surface area contributed by atoms with Crippen molar-refractivity contribution in [2.24, 2.45) is 5.92 Å². The summed E-state index contributed by atoms with van der Waals surface area (Å²) < 4.78 is 17.6. The van der Waals surface area contributed by atoms with Gasteiger partial charge in [0.05, 0.1) is 11.3 Å². The van der Waals surface area contributed by atoms with Crippen molar-refractivity contribution >= 4 is 22.6 Å². The minimum atomic E-state index is -0.932. The molecule has 168 valence electrons. The molecule has 2 aliphatic rings. The van der Waals surface area contributed by atoms with Gasteiger partial charge in [0.2, 0.25) is 0 Å². The molecule has 1 aromatic heterocycles. The summed E-state index contributed by atoms with van der Waals surface area (Å²) in [5.74, 6) is -0.640. The molecule has 0 radical (unpaired) electrons. The molecular formula is C27H31FN2O2. The van der Waals surface area contributed by atoms with Crippen LogP contribution in [0.2, 0.25) is 0 Å². The average Bonchev–Trinajstić information content (AvgIpc) is 3.08. The van der Waals surface area contributed by atoms with Crippen LogP contribution >= 0.6 is 0 Å². The van der Waals surface area contributed by atoms with Gasteiger partial charge in [0.25, 0.3) is 0 Å². The van der Waals surface area contributed by atoms with E-state index >= 15 is 4.39 Å². The monoisotopic (exact) mass is 434 g/mol. The fourth-order valence-electron chi connectivity index (χ4n) is 5.67. The van der Waals surface area contributed by atoms with E-state index in [0.29, 0.717) is 18.4 Å². The fraction of sp³-hybridized carbons (Fsp3) is 0.444. The summed E-state index contributed by atoms with van der Waals surface area (Å²) in [5, 5.41) is 14.4. The maximum absolute atomic E-state index is 15.3. The van der Waals surface area contributed by atoms with Gasteiger partial charge >= 0.3 is 5.97 Å². The number of rotatable bonds is 3. The number of aromatic carboxylic acids is 1. The third-order valence-corrected chi connectivity index (χ3v) is 7.39. The number of benzene rings is 2. The maximum atomic E-state index is 15.3. The number of carbonyl (C=O) groups is 1. The van der Waals surface area contributed by atoms with Crippen molar-refractivity contribution in [3.8, 4) is 11.3 Å². The molecule has 5 heteroatoms. The van der Waals surface area contributed by atoms with Crippen LogP contribution in [0.3, 0.4) is 0 Å². The molecule has 1 aliphatic heterocycles. The van der Waals surface area contributed by atoms with E-state index in [1.807, 2.05) is 18.2 Å². The average molecular weight is 435 g/mol. The summed E-state index contributed by atoms with van der Waals surface area (Å²) in [6, 6.07) is 14.0. The molecule has 0 saturated heterocycles. The van der Waals surface area contributed by atoms with Crippen molar-refractivity contribution in [2.75, 3.05) is 5.32 Å².